The van der Waals surface area contributed by atoms with Crippen molar-refractivity contribution in [2.45, 2.75) is 11.3 Å². The molecule has 1 amide bonds. The summed E-state index contributed by atoms with van der Waals surface area (Å²) in [6.45, 7) is 1.18. The summed E-state index contributed by atoms with van der Waals surface area (Å²) in [4.78, 5) is 20.9. The van der Waals surface area contributed by atoms with E-state index in [9.17, 15) is 4.79 Å². The third-order valence-corrected chi connectivity index (χ3v) is 3.65. The Morgan fingerprint density at radius 1 is 1.05 bits per heavy atom. The minimum atomic E-state index is 0.0641. The molecule has 5 nitrogen and oxygen atoms in total. The first-order chi connectivity index (χ1) is 10.3. The number of benzene rings is 1. The van der Waals surface area contributed by atoms with Crippen LogP contribution in [-0.2, 0) is 4.79 Å². The maximum atomic E-state index is 11.7. The first-order valence-electron chi connectivity index (χ1n) is 6.80. The lowest BCUT2D eigenvalue weighted by Crippen LogP contribution is -2.29. The van der Waals surface area contributed by atoms with Crippen molar-refractivity contribution in [1.82, 2.24) is 15.3 Å². The Morgan fingerprint density at radius 2 is 1.81 bits per heavy atom. The monoisotopic (exact) mass is 302 g/mol. The normalized spacial score (nSPS) is 10.1. The number of thioether (sulfide) groups is 1. The van der Waals surface area contributed by atoms with E-state index in [0.29, 0.717) is 25.5 Å². The van der Waals surface area contributed by atoms with Gasteiger partial charge in [-0.2, -0.15) is 0 Å². The van der Waals surface area contributed by atoms with Gasteiger partial charge in [-0.3, -0.25) is 4.79 Å². The summed E-state index contributed by atoms with van der Waals surface area (Å²) in [6.07, 6.45) is 3.87. The van der Waals surface area contributed by atoms with E-state index in [1.165, 1.54) is 4.90 Å². The van der Waals surface area contributed by atoms with E-state index >= 15 is 0 Å². The number of hydrogen-bond donors (Lipinski definition) is 2. The smallest absolute Gasteiger partial charge is 0.222 e. The van der Waals surface area contributed by atoms with Crippen LogP contribution in [0.25, 0.3) is 0 Å². The number of aromatic nitrogens is 2. The second-order valence-electron chi connectivity index (χ2n) is 4.26. The van der Waals surface area contributed by atoms with Crippen LogP contribution in [0.3, 0.4) is 0 Å². The second-order valence-corrected chi connectivity index (χ2v) is 5.43. The summed E-state index contributed by atoms with van der Waals surface area (Å²) < 4.78 is 0. The SMILES string of the molecule is O=C(CCSc1ccccc1)NCCNc1ncccn1. The molecule has 0 aliphatic heterocycles. The van der Waals surface area contributed by atoms with Crippen molar-refractivity contribution in [1.29, 1.82) is 0 Å². The zero-order valence-electron chi connectivity index (χ0n) is 11.7. The Kier molecular flexibility index (Phi) is 6.54. The lowest BCUT2D eigenvalue weighted by Gasteiger charge is -2.06. The van der Waals surface area contributed by atoms with Gasteiger partial charge >= 0.3 is 0 Å². The van der Waals surface area contributed by atoms with Crippen molar-refractivity contribution in [3.8, 4) is 0 Å². The molecule has 2 aromatic rings. The molecule has 0 saturated carbocycles. The molecule has 0 bridgehead atoms. The minimum absolute atomic E-state index is 0.0641. The molecule has 0 aliphatic carbocycles. The van der Waals surface area contributed by atoms with E-state index in [2.05, 4.69) is 20.6 Å². The van der Waals surface area contributed by atoms with Crippen LogP contribution in [0, 0.1) is 0 Å². The Labute approximate surface area is 128 Å². The zero-order valence-corrected chi connectivity index (χ0v) is 12.5. The number of hydrogen-bond acceptors (Lipinski definition) is 5. The maximum Gasteiger partial charge on any atom is 0.222 e. The molecule has 0 fully saturated rings. The highest BCUT2D eigenvalue weighted by atomic mass is 32.2. The Morgan fingerprint density at radius 3 is 2.57 bits per heavy atom. The van der Waals surface area contributed by atoms with Crippen molar-refractivity contribution < 1.29 is 4.79 Å². The van der Waals surface area contributed by atoms with E-state index in [-0.39, 0.29) is 5.91 Å². The third-order valence-electron chi connectivity index (χ3n) is 2.64. The van der Waals surface area contributed by atoms with Crippen molar-refractivity contribution in [2.75, 3.05) is 24.2 Å². The molecule has 2 rings (SSSR count). The Hall–Kier alpha value is -2.08. The van der Waals surface area contributed by atoms with Gasteiger partial charge in [0.25, 0.3) is 0 Å². The summed E-state index contributed by atoms with van der Waals surface area (Å²) in [6, 6.07) is 11.8. The van der Waals surface area contributed by atoms with Gasteiger partial charge in [-0.15, -0.1) is 11.8 Å². The number of nitrogens with one attached hydrogen (secondary N) is 2. The van der Waals surface area contributed by atoms with Crippen molar-refractivity contribution in [3.05, 3.63) is 48.8 Å². The molecule has 0 radical (unpaired) electrons. The van der Waals surface area contributed by atoms with E-state index in [1.807, 2.05) is 30.3 Å². The summed E-state index contributed by atoms with van der Waals surface area (Å²) in [5.41, 5.74) is 0. The van der Waals surface area contributed by atoms with Crippen LogP contribution in [0.4, 0.5) is 5.95 Å². The highest BCUT2D eigenvalue weighted by molar-refractivity contribution is 7.99. The molecule has 21 heavy (non-hydrogen) atoms. The van der Waals surface area contributed by atoms with E-state index in [4.69, 9.17) is 0 Å². The number of carbonyl (C=O) groups excluding carboxylic acids is 1. The first-order valence-corrected chi connectivity index (χ1v) is 7.78. The van der Waals surface area contributed by atoms with Crippen LogP contribution in [-0.4, -0.2) is 34.7 Å². The fourth-order valence-electron chi connectivity index (χ4n) is 1.63. The summed E-state index contributed by atoms with van der Waals surface area (Å²) in [7, 11) is 0. The fourth-order valence-corrected chi connectivity index (χ4v) is 2.51. The second kappa shape index (κ2) is 8.97. The highest BCUT2D eigenvalue weighted by Gasteiger charge is 2.01. The third kappa shape index (κ3) is 6.27. The van der Waals surface area contributed by atoms with Gasteiger partial charge in [-0.05, 0) is 18.2 Å². The molecule has 0 aliphatic rings. The topological polar surface area (TPSA) is 66.9 Å². The summed E-state index contributed by atoms with van der Waals surface area (Å²) in [5, 5.41) is 5.91. The van der Waals surface area contributed by atoms with Gasteiger partial charge in [-0.1, -0.05) is 18.2 Å². The van der Waals surface area contributed by atoms with Crippen LogP contribution in [0.1, 0.15) is 6.42 Å². The molecule has 6 heteroatoms. The van der Waals surface area contributed by atoms with Gasteiger partial charge in [0.05, 0.1) is 0 Å². The van der Waals surface area contributed by atoms with E-state index in [1.54, 1.807) is 30.2 Å². The van der Waals surface area contributed by atoms with Crippen LogP contribution in [0.5, 0.6) is 0 Å². The molecule has 2 N–H and O–H groups in total. The molecule has 0 unspecified atom stereocenters. The largest absolute Gasteiger partial charge is 0.354 e. The van der Waals surface area contributed by atoms with Crippen molar-refractivity contribution >= 4 is 23.6 Å². The standard InChI is InChI=1S/C15H18N4OS/c20-14(7-12-21-13-5-2-1-3-6-13)16-10-11-19-15-17-8-4-9-18-15/h1-6,8-9H,7,10-12H2,(H,16,20)(H,17,18,19). The van der Waals surface area contributed by atoms with Gasteiger partial charge in [0.1, 0.15) is 0 Å². The van der Waals surface area contributed by atoms with Crippen LogP contribution in [0.15, 0.2) is 53.7 Å². The lowest BCUT2D eigenvalue weighted by molar-refractivity contribution is -0.120. The average molecular weight is 302 g/mol. The number of nitrogens with zero attached hydrogens (tertiary/aromatic N) is 2. The van der Waals surface area contributed by atoms with Gasteiger partial charge in [0.15, 0.2) is 0 Å². The maximum absolute atomic E-state index is 11.7. The van der Waals surface area contributed by atoms with Crippen LogP contribution < -0.4 is 10.6 Å². The van der Waals surface area contributed by atoms with Gasteiger partial charge in [0, 0.05) is 42.6 Å². The quantitative estimate of drug-likeness (QED) is 0.578. The fraction of sp³-hybridized carbons (Fsp3) is 0.267. The van der Waals surface area contributed by atoms with Crippen molar-refractivity contribution in [2.24, 2.45) is 0 Å². The minimum Gasteiger partial charge on any atom is -0.354 e. The van der Waals surface area contributed by atoms with Gasteiger partial charge < -0.3 is 10.6 Å². The molecule has 0 saturated heterocycles. The van der Waals surface area contributed by atoms with Crippen molar-refractivity contribution in [3.63, 3.8) is 0 Å². The van der Waals surface area contributed by atoms with E-state index < -0.39 is 0 Å². The van der Waals surface area contributed by atoms with Gasteiger partial charge in [-0.25, -0.2) is 9.97 Å². The zero-order chi connectivity index (χ0) is 14.8. The Balaban J connectivity index is 1.54. The Bertz CT molecular complexity index is 536. The molecule has 0 atom stereocenters. The summed E-state index contributed by atoms with van der Waals surface area (Å²) >= 11 is 1.69. The highest BCUT2D eigenvalue weighted by Crippen LogP contribution is 2.17. The molecule has 0 spiro atoms. The lowest BCUT2D eigenvalue weighted by atomic mass is 10.4. The average Bonchev–Trinajstić information content (AvgIpc) is 2.54. The molecular formula is C15H18N4OS. The number of rotatable bonds is 8. The van der Waals surface area contributed by atoms with Crippen LogP contribution >= 0.6 is 11.8 Å². The number of amides is 1. The van der Waals surface area contributed by atoms with E-state index in [0.717, 1.165) is 5.75 Å². The first kappa shape index (κ1) is 15.3. The number of anilines is 1. The predicted molar refractivity (Wildman–Crippen MR) is 85.3 cm³/mol. The molecule has 1 heterocycles. The predicted octanol–water partition coefficient (Wildman–Crippen LogP) is 2.19. The molecule has 1 aromatic heterocycles. The van der Waals surface area contributed by atoms with Gasteiger partial charge in [0.2, 0.25) is 11.9 Å². The molecular weight excluding hydrogens is 284 g/mol. The summed E-state index contributed by atoms with van der Waals surface area (Å²) in [5.74, 6) is 1.42. The van der Waals surface area contributed by atoms with Crippen LogP contribution in [0.2, 0.25) is 0 Å². The molecule has 1 aromatic carbocycles. The number of carbonyl (C=O) groups is 1. The molecule has 110 valence electrons.